The number of dihydropyridines is 1. The van der Waals surface area contributed by atoms with Crippen LogP contribution in [-0.2, 0) is 19.1 Å². The molecule has 0 aliphatic carbocycles. The lowest BCUT2D eigenvalue weighted by Crippen LogP contribution is -2.36. The number of para-hydroxylation sites is 1. The maximum Gasteiger partial charge on any atom is 0.419 e. The van der Waals surface area contributed by atoms with Crippen LogP contribution in [0, 0.1) is 17.8 Å². The SMILES string of the molecule is CC1=C(C(=O)OCC(C)C)C(C2=CCN(C(=O)Oc3ccccc3)C=C2)C(C(=O)OCC(C)C)=C(C)N1. The van der Waals surface area contributed by atoms with E-state index in [9.17, 15) is 14.4 Å². The highest BCUT2D eigenvalue weighted by molar-refractivity contribution is 5.99. The van der Waals surface area contributed by atoms with Crippen LogP contribution < -0.4 is 10.1 Å². The molecule has 8 nitrogen and oxygen atoms in total. The third kappa shape index (κ3) is 7.12. The zero-order valence-electron chi connectivity index (χ0n) is 22.4. The molecule has 8 heteroatoms. The van der Waals surface area contributed by atoms with Gasteiger partial charge in [-0.3, -0.25) is 4.90 Å². The van der Waals surface area contributed by atoms with Gasteiger partial charge in [-0.25, -0.2) is 14.4 Å². The van der Waals surface area contributed by atoms with Gasteiger partial charge in [0.25, 0.3) is 0 Å². The summed E-state index contributed by atoms with van der Waals surface area (Å²) in [5.74, 6) is -0.937. The summed E-state index contributed by atoms with van der Waals surface area (Å²) < 4.78 is 16.6. The predicted molar refractivity (Wildman–Crippen MR) is 140 cm³/mol. The van der Waals surface area contributed by atoms with Crippen LogP contribution in [0.1, 0.15) is 41.5 Å². The van der Waals surface area contributed by atoms with Crippen molar-refractivity contribution in [3.05, 3.63) is 76.8 Å². The smallest absolute Gasteiger partial charge is 0.419 e. The maximum atomic E-state index is 13.3. The van der Waals surface area contributed by atoms with E-state index in [2.05, 4.69) is 5.32 Å². The molecule has 0 atom stereocenters. The molecule has 2 aliphatic rings. The minimum absolute atomic E-state index is 0.158. The van der Waals surface area contributed by atoms with Gasteiger partial charge in [0.15, 0.2) is 0 Å². The molecule has 3 rings (SSSR count). The van der Waals surface area contributed by atoms with Gasteiger partial charge in [0, 0.05) is 24.1 Å². The number of esters is 2. The number of benzene rings is 1. The average molecular weight is 509 g/mol. The number of hydrogen-bond donors (Lipinski definition) is 1. The van der Waals surface area contributed by atoms with Crippen molar-refractivity contribution in [2.75, 3.05) is 19.8 Å². The number of allylic oxidation sites excluding steroid dienone is 4. The highest BCUT2D eigenvalue weighted by atomic mass is 16.6. The van der Waals surface area contributed by atoms with E-state index in [0.29, 0.717) is 33.9 Å². The van der Waals surface area contributed by atoms with Crippen LogP contribution in [0.2, 0.25) is 0 Å². The number of carbonyl (C=O) groups excluding carboxylic acids is 3. The number of amides is 1. The molecule has 1 aromatic carbocycles. The average Bonchev–Trinajstić information content (AvgIpc) is 2.86. The second-order valence-electron chi connectivity index (χ2n) is 9.97. The summed E-state index contributed by atoms with van der Waals surface area (Å²) in [5, 5.41) is 3.16. The molecule has 0 radical (unpaired) electrons. The Bertz CT molecular complexity index is 1100. The monoisotopic (exact) mass is 508 g/mol. The molecular formula is C29H36N2O6. The first-order valence-corrected chi connectivity index (χ1v) is 12.5. The first-order valence-electron chi connectivity index (χ1n) is 12.5. The second kappa shape index (κ2) is 12.4. The third-order valence-electron chi connectivity index (χ3n) is 5.78. The van der Waals surface area contributed by atoms with Gasteiger partial charge in [0.1, 0.15) is 5.75 Å². The van der Waals surface area contributed by atoms with Gasteiger partial charge in [-0.05, 0) is 49.5 Å². The third-order valence-corrected chi connectivity index (χ3v) is 5.78. The van der Waals surface area contributed by atoms with Gasteiger partial charge in [-0.15, -0.1) is 0 Å². The predicted octanol–water partition coefficient (Wildman–Crippen LogP) is 5.11. The summed E-state index contributed by atoms with van der Waals surface area (Å²) in [6.07, 6.45) is 4.60. The molecule has 1 amide bonds. The van der Waals surface area contributed by atoms with Gasteiger partial charge in [-0.1, -0.05) is 52.0 Å². The van der Waals surface area contributed by atoms with E-state index < -0.39 is 23.9 Å². The standard InChI is InChI=1S/C29H36N2O6/c1-18(2)16-35-27(32)24-20(5)30-21(6)25(28(33)36-17-19(3)4)26(24)22-12-14-31(15-13-22)29(34)37-23-10-8-7-9-11-23/h7-14,18-19,26,30H,15-17H2,1-6H3. The molecule has 0 saturated carbocycles. The van der Waals surface area contributed by atoms with Crippen molar-refractivity contribution < 1.29 is 28.6 Å². The van der Waals surface area contributed by atoms with Crippen LogP contribution in [0.15, 0.2) is 76.8 Å². The molecule has 0 fully saturated rings. The van der Waals surface area contributed by atoms with Gasteiger partial charge < -0.3 is 19.5 Å². The van der Waals surface area contributed by atoms with E-state index in [4.69, 9.17) is 14.2 Å². The molecule has 0 unspecified atom stereocenters. The minimum atomic E-state index is -0.705. The second-order valence-corrected chi connectivity index (χ2v) is 9.97. The zero-order valence-corrected chi connectivity index (χ0v) is 22.4. The van der Waals surface area contributed by atoms with Gasteiger partial charge in [-0.2, -0.15) is 0 Å². The van der Waals surface area contributed by atoms with Crippen molar-refractivity contribution in [1.82, 2.24) is 10.2 Å². The highest BCUT2D eigenvalue weighted by Gasteiger charge is 2.39. The van der Waals surface area contributed by atoms with Crippen molar-refractivity contribution in [2.24, 2.45) is 17.8 Å². The van der Waals surface area contributed by atoms with Crippen LogP contribution in [-0.4, -0.2) is 42.7 Å². The van der Waals surface area contributed by atoms with Crippen LogP contribution in [0.25, 0.3) is 0 Å². The van der Waals surface area contributed by atoms with E-state index in [1.54, 1.807) is 50.4 Å². The van der Waals surface area contributed by atoms with E-state index >= 15 is 0 Å². The molecule has 0 bridgehead atoms. The molecule has 37 heavy (non-hydrogen) atoms. The Morgan fingerprint density at radius 3 is 1.92 bits per heavy atom. The largest absolute Gasteiger partial charge is 0.462 e. The molecule has 1 N–H and O–H groups in total. The zero-order chi connectivity index (χ0) is 27.1. The summed E-state index contributed by atoms with van der Waals surface area (Å²) in [6, 6.07) is 8.81. The molecular weight excluding hydrogens is 472 g/mol. The van der Waals surface area contributed by atoms with Crippen molar-refractivity contribution in [1.29, 1.82) is 0 Å². The topological polar surface area (TPSA) is 94.2 Å². The first kappa shape index (κ1) is 27.8. The number of carbonyl (C=O) groups is 3. The van der Waals surface area contributed by atoms with Crippen LogP contribution in [0.5, 0.6) is 5.75 Å². The number of rotatable bonds is 8. The van der Waals surface area contributed by atoms with Gasteiger partial charge in [0.05, 0.1) is 30.3 Å². The Morgan fingerprint density at radius 1 is 0.919 bits per heavy atom. The molecule has 0 aromatic heterocycles. The van der Waals surface area contributed by atoms with Crippen LogP contribution in [0.4, 0.5) is 4.79 Å². The lowest BCUT2D eigenvalue weighted by molar-refractivity contribution is -0.141. The fraction of sp³-hybridized carbons (Fsp3) is 0.414. The number of nitrogens with one attached hydrogen (secondary N) is 1. The van der Waals surface area contributed by atoms with Gasteiger partial charge in [0.2, 0.25) is 0 Å². The quantitative estimate of drug-likeness (QED) is 0.488. The van der Waals surface area contributed by atoms with E-state index in [1.807, 2.05) is 39.8 Å². The number of ether oxygens (including phenoxy) is 3. The van der Waals surface area contributed by atoms with Crippen molar-refractivity contribution >= 4 is 18.0 Å². The maximum absolute atomic E-state index is 13.3. The van der Waals surface area contributed by atoms with Crippen molar-refractivity contribution in [3.63, 3.8) is 0 Å². The fourth-order valence-electron chi connectivity index (χ4n) is 4.01. The Morgan fingerprint density at radius 2 is 1.46 bits per heavy atom. The van der Waals surface area contributed by atoms with Gasteiger partial charge >= 0.3 is 18.0 Å². The number of hydrogen-bond acceptors (Lipinski definition) is 7. The normalized spacial score (nSPS) is 16.1. The molecule has 0 spiro atoms. The Kier molecular flexibility index (Phi) is 9.33. The Labute approximate surface area is 218 Å². The summed E-state index contributed by atoms with van der Waals surface area (Å²) in [4.78, 5) is 40.6. The van der Waals surface area contributed by atoms with E-state index in [-0.39, 0.29) is 31.6 Å². The molecule has 2 heterocycles. The van der Waals surface area contributed by atoms with E-state index in [1.165, 1.54) is 4.90 Å². The summed E-state index contributed by atoms with van der Waals surface area (Å²) >= 11 is 0. The first-order chi connectivity index (χ1) is 17.6. The summed E-state index contributed by atoms with van der Waals surface area (Å²) in [6.45, 7) is 12.1. The summed E-state index contributed by atoms with van der Waals surface area (Å²) in [7, 11) is 0. The van der Waals surface area contributed by atoms with Crippen LogP contribution in [0.3, 0.4) is 0 Å². The van der Waals surface area contributed by atoms with Crippen molar-refractivity contribution in [2.45, 2.75) is 41.5 Å². The molecule has 2 aliphatic heterocycles. The fourth-order valence-corrected chi connectivity index (χ4v) is 4.01. The van der Waals surface area contributed by atoms with Crippen LogP contribution >= 0.6 is 0 Å². The number of nitrogens with zero attached hydrogens (tertiary/aromatic N) is 1. The van der Waals surface area contributed by atoms with Crippen molar-refractivity contribution in [3.8, 4) is 5.75 Å². The molecule has 1 aromatic rings. The lowest BCUT2D eigenvalue weighted by Gasteiger charge is -2.32. The highest BCUT2D eigenvalue weighted by Crippen LogP contribution is 2.38. The summed E-state index contributed by atoms with van der Waals surface area (Å²) in [5.41, 5.74) is 2.60. The van der Waals surface area contributed by atoms with E-state index in [0.717, 1.165) is 0 Å². The minimum Gasteiger partial charge on any atom is -0.462 e. The Balaban J connectivity index is 1.90. The molecule has 0 saturated heterocycles. The molecule has 198 valence electrons. The Hall–Kier alpha value is -3.81. The lowest BCUT2D eigenvalue weighted by atomic mass is 9.79.